The molecule has 43 heavy (non-hydrogen) atoms. The third-order valence-electron chi connectivity index (χ3n) is 6.49. The van der Waals surface area contributed by atoms with Gasteiger partial charge >= 0.3 is 6.09 Å². The predicted molar refractivity (Wildman–Crippen MR) is 167 cm³/mol. The van der Waals surface area contributed by atoms with Crippen molar-refractivity contribution in [3.05, 3.63) is 88.4 Å². The number of rotatable bonds is 8. The molecule has 3 amide bonds. The third kappa shape index (κ3) is 9.12. The Morgan fingerprint density at radius 2 is 1.53 bits per heavy atom. The Morgan fingerprint density at radius 1 is 0.907 bits per heavy atom. The van der Waals surface area contributed by atoms with Crippen LogP contribution in [0.15, 0.2) is 66.7 Å². The summed E-state index contributed by atoms with van der Waals surface area (Å²) in [6, 6.07) is 15.2. The Labute approximate surface area is 257 Å². The summed E-state index contributed by atoms with van der Waals surface area (Å²) in [5.74, 6) is -1.16. The molecule has 3 aromatic rings. The Balaban J connectivity index is 2.14. The van der Waals surface area contributed by atoms with Crippen LogP contribution in [0, 0.1) is 6.92 Å². The summed E-state index contributed by atoms with van der Waals surface area (Å²) >= 11 is 6.43. The fourth-order valence-electron chi connectivity index (χ4n) is 4.63. The summed E-state index contributed by atoms with van der Waals surface area (Å²) < 4.78 is 5.47. The first-order chi connectivity index (χ1) is 20.0. The average Bonchev–Trinajstić information content (AvgIpc) is 2.88. The van der Waals surface area contributed by atoms with E-state index in [2.05, 4.69) is 10.6 Å². The lowest BCUT2D eigenvalue weighted by Crippen LogP contribution is -2.58. The Kier molecular flexibility index (Phi) is 10.3. The van der Waals surface area contributed by atoms with Crippen molar-refractivity contribution >= 4 is 35.2 Å². The van der Waals surface area contributed by atoms with Crippen molar-refractivity contribution in [2.24, 2.45) is 0 Å². The minimum absolute atomic E-state index is 0.0446. The van der Waals surface area contributed by atoms with E-state index in [4.69, 9.17) is 16.3 Å². The van der Waals surface area contributed by atoms with E-state index in [9.17, 15) is 24.6 Å². The smallest absolute Gasteiger partial charge is 0.408 e. The summed E-state index contributed by atoms with van der Waals surface area (Å²) in [5, 5.41) is 26.0. The van der Waals surface area contributed by atoms with Gasteiger partial charge in [0.05, 0.1) is 10.7 Å². The molecular weight excluding hydrogens is 570 g/mol. The lowest BCUT2D eigenvalue weighted by molar-refractivity contribution is -0.146. The number of hydrogen-bond acceptors (Lipinski definition) is 6. The van der Waals surface area contributed by atoms with Gasteiger partial charge in [-0.05, 0) is 95.5 Å². The summed E-state index contributed by atoms with van der Waals surface area (Å²) in [7, 11) is 0. The molecule has 230 valence electrons. The molecule has 3 aromatic carbocycles. The molecule has 0 radical (unpaired) electrons. The number of para-hydroxylation sites is 1. The van der Waals surface area contributed by atoms with Crippen LogP contribution >= 0.6 is 11.6 Å². The molecule has 0 aromatic heterocycles. The van der Waals surface area contributed by atoms with Gasteiger partial charge in [0, 0.05) is 12.0 Å². The number of benzene rings is 3. The van der Waals surface area contributed by atoms with E-state index in [0.717, 1.165) is 5.56 Å². The highest BCUT2D eigenvalue weighted by atomic mass is 35.5. The van der Waals surface area contributed by atoms with Crippen molar-refractivity contribution in [2.75, 3.05) is 5.32 Å². The van der Waals surface area contributed by atoms with Gasteiger partial charge in [-0.25, -0.2) is 4.79 Å². The maximum absolute atomic E-state index is 14.6. The summed E-state index contributed by atoms with van der Waals surface area (Å²) in [6.07, 6.45) is -0.758. The molecular formula is C33H40ClN3O6. The zero-order valence-electron chi connectivity index (χ0n) is 25.6. The van der Waals surface area contributed by atoms with Crippen LogP contribution in [-0.4, -0.2) is 50.2 Å². The highest BCUT2D eigenvalue weighted by Crippen LogP contribution is 2.34. The molecule has 0 bridgehead atoms. The molecule has 10 heteroatoms. The van der Waals surface area contributed by atoms with E-state index < -0.39 is 41.1 Å². The quantitative estimate of drug-likeness (QED) is 0.231. The van der Waals surface area contributed by atoms with Crippen molar-refractivity contribution < 1.29 is 29.3 Å². The monoisotopic (exact) mass is 609 g/mol. The zero-order chi connectivity index (χ0) is 32.1. The van der Waals surface area contributed by atoms with E-state index in [1.54, 1.807) is 90.9 Å². The lowest BCUT2D eigenvalue weighted by atomic mass is 9.94. The number of carbonyl (C=O) groups is 3. The van der Waals surface area contributed by atoms with E-state index >= 15 is 0 Å². The highest BCUT2D eigenvalue weighted by molar-refractivity contribution is 6.34. The summed E-state index contributed by atoms with van der Waals surface area (Å²) in [4.78, 5) is 43.1. The number of phenolic OH excluding ortho intramolecular Hbond substituents is 2. The van der Waals surface area contributed by atoms with E-state index in [1.807, 2.05) is 0 Å². The Bertz CT molecular complexity index is 1440. The minimum Gasteiger partial charge on any atom is -0.508 e. The van der Waals surface area contributed by atoms with Crippen LogP contribution in [0.1, 0.15) is 64.3 Å². The van der Waals surface area contributed by atoms with Gasteiger partial charge in [0.15, 0.2) is 0 Å². The molecule has 0 aliphatic heterocycles. The molecule has 2 atom stereocenters. The average molecular weight is 610 g/mol. The molecule has 2 unspecified atom stereocenters. The van der Waals surface area contributed by atoms with Gasteiger partial charge in [-0.1, -0.05) is 48.0 Å². The Hall–Kier alpha value is -4.24. The Morgan fingerprint density at radius 3 is 2.09 bits per heavy atom. The molecule has 4 N–H and O–H groups in total. The number of alkyl carbamates (subject to hydrolysis) is 1. The van der Waals surface area contributed by atoms with Gasteiger partial charge in [-0.15, -0.1) is 0 Å². The van der Waals surface area contributed by atoms with Gasteiger partial charge in [-0.2, -0.15) is 0 Å². The highest BCUT2D eigenvalue weighted by Gasteiger charge is 2.42. The molecule has 3 rings (SSSR count). The third-order valence-corrected chi connectivity index (χ3v) is 6.80. The number of ether oxygens (including phenoxy) is 1. The summed E-state index contributed by atoms with van der Waals surface area (Å²) in [6.45, 7) is 12.3. The van der Waals surface area contributed by atoms with Gasteiger partial charge in [0.2, 0.25) is 5.91 Å². The van der Waals surface area contributed by atoms with Crippen molar-refractivity contribution in [3.63, 3.8) is 0 Å². The first-order valence-electron chi connectivity index (χ1n) is 13.9. The number of amides is 3. The second-order valence-corrected chi connectivity index (χ2v) is 12.8. The first kappa shape index (κ1) is 33.3. The van der Waals surface area contributed by atoms with Crippen LogP contribution in [0.5, 0.6) is 11.5 Å². The number of halogens is 1. The van der Waals surface area contributed by atoms with E-state index in [0.29, 0.717) is 21.8 Å². The molecule has 0 aliphatic carbocycles. The van der Waals surface area contributed by atoms with Crippen LogP contribution in [0.4, 0.5) is 10.5 Å². The number of aromatic hydroxyl groups is 2. The largest absolute Gasteiger partial charge is 0.508 e. The number of carbonyl (C=O) groups excluding carboxylic acids is 3. The minimum atomic E-state index is -1.24. The number of nitrogens with zero attached hydrogens (tertiary/aromatic N) is 1. The van der Waals surface area contributed by atoms with Crippen LogP contribution in [0.2, 0.25) is 5.02 Å². The second kappa shape index (κ2) is 13.4. The van der Waals surface area contributed by atoms with Crippen molar-refractivity contribution in [1.82, 2.24) is 10.2 Å². The molecule has 0 fully saturated rings. The molecule has 0 aliphatic rings. The predicted octanol–water partition coefficient (Wildman–Crippen LogP) is 6.50. The molecule has 9 nitrogen and oxygen atoms in total. The van der Waals surface area contributed by atoms with Gasteiger partial charge in [0.1, 0.15) is 29.2 Å². The lowest BCUT2D eigenvalue weighted by Gasteiger charge is -2.43. The van der Waals surface area contributed by atoms with Crippen LogP contribution in [0.3, 0.4) is 0 Å². The topological polar surface area (TPSA) is 128 Å². The van der Waals surface area contributed by atoms with Crippen LogP contribution < -0.4 is 10.6 Å². The fourth-order valence-corrected chi connectivity index (χ4v) is 4.89. The van der Waals surface area contributed by atoms with Gasteiger partial charge in [-0.3, -0.25) is 9.59 Å². The fraction of sp³-hybridized carbons (Fsp3) is 0.364. The van der Waals surface area contributed by atoms with Crippen LogP contribution in [-0.2, 0) is 20.7 Å². The maximum atomic E-state index is 14.6. The van der Waals surface area contributed by atoms with Gasteiger partial charge < -0.3 is 30.5 Å². The number of aryl methyl sites for hydroxylation is 1. The van der Waals surface area contributed by atoms with Crippen molar-refractivity contribution in [2.45, 2.75) is 78.1 Å². The SMILES string of the molecule is Cc1cccc(Cl)c1NC(=O)C(c1cccc(O)c1)N(C(=O)C(Cc1ccc(O)cc1)NC(=O)OC(C)(C)C)C(C)(C)C. The molecule has 0 spiro atoms. The van der Waals surface area contributed by atoms with Crippen molar-refractivity contribution in [1.29, 1.82) is 0 Å². The normalized spacial score (nSPS) is 13.0. The molecule has 0 saturated heterocycles. The standard InChI is InChI=1S/C33H40ClN3O6/c1-20-10-8-13-25(34)27(20)36-29(40)28(22-11-9-12-24(39)19-22)37(32(2,3)4)30(41)26(35-31(42)43-33(5,6)7)18-21-14-16-23(38)17-15-21/h8-17,19,26,28,38-39H,18H2,1-7H3,(H,35,42)(H,36,40). The molecule has 0 heterocycles. The second-order valence-electron chi connectivity index (χ2n) is 12.4. The van der Waals surface area contributed by atoms with Gasteiger partial charge in [0.25, 0.3) is 5.91 Å². The van der Waals surface area contributed by atoms with Crippen LogP contribution in [0.25, 0.3) is 0 Å². The van der Waals surface area contributed by atoms with Crippen molar-refractivity contribution in [3.8, 4) is 11.5 Å². The van der Waals surface area contributed by atoms with E-state index in [1.165, 1.54) is 29.2 Å². The zero-order valence-corrected chi connectivity index (χ0v) is 26.3. The summed E-state index contributed by atoms with van der Waals surface area (Å²) in [5.41, 5.74) is 0.353. The number of phenols is 2. The number of hydrogen-bond donors (Lipinski definition) is 4. The molecule has 0 saturated carbocycles. The first-order valence-corrected chi connectivity index (χ1v) is 14.3. The number of nitrogens with one attached hydrogen (secondary N) is 2. The van der Waals surface area contributed by atoms with E-state index in [-0.39, 0.29) is 17.9 Å². The maximum Gasteiger partial charge on any atom is 0.408 e. The number of anilines is 1.